The van der Waals surface area contributed by atoms with E-state index in [9.17, 15) is 13.2 Å². The van der Waals surface area contributed by atoms with Crippen molar-refractivity contribution in [2.45, 2.75) is 38.1 Å². The van der Waals surface area contributed by atoms with E-state index in [2.05, 4.69) is 16.1 Å². The number of sulfonamides is 1. The van der Waals surface area contributed by atoms with Crippen molar-refractivity contribution in [1.29, 1.82) is 0 Å². The smallest absolute Gasteiger partial charge is 0.261 e. The van der Waals surface area contributed by atoms with Gasteiger partial charge in [-0.15, -0.1) is 0 Å². The van der Waals surface area contributed by atoms with Crippen LogP contribution in [0.4, 0.5) is 5.69 Å². The summed E-state index contributed by atoms with van der Waals surface area (Å²) in [7, 11) is -3.80. The minimum absolute atomic E-state index is 0.0403. The highest BCUT2D eigenvalue weighted by molar-refractivity contribution is 7.92. The Morgan fingerprint density at radius 1 is 0.933 bits per heavy atom. The number of anilines is 1. The van der Waals surface area contributed by atoms with Crippen molar-refractivity contribution in [3.05, 3.63) is 95.1 Å². The van der Waals surface area contributed by atoms with Crippen molar-refractivity contribution in [2.75, 3.05) is 4.72 Å². The molecule has 3 aromatic rings. The van der Waals surface area contributed by atoms with Gasteiger partial charge in [0.25, 0.3) is 15.9 Å². The summed E-state index contributed by atoms with van der Waals surface area (Å²) in [5.74, 6) is -0.307. The standard InChI is InChI=1S/C24H26N2O3S/c1-4-23(22-14-13-17(2)15-18(22)3)25-24(27)19-9-8-12-21(16-19)30(28,29)26-20-10-6-5-7-11-20/h5-16,23,26H,4H2,1-3H3,(H,25,27). The van der Waals surface area contributed by atoms with E-state index in [0.29, 0.717) is 11.3 Å². The molecule has 0 aromatic heterocycles. The number of nitrogens with one attached hydrogen (secondary N) is 2. The van der Waals surface area contributed by atoms with Gasteiger partial charge in [-0.1, -0.05) is 55.0 Å². The van der Waals surface area contributed by atoms with Gasteiger partial charge in [0.1, 0.15) is 0 Å². The van der Waals surface area contributed by atoms with E-state index < -0.39 is 10.0 Å². The minimum atomic E-state index is -3.80. The summed E-state index contributed by atoms with van der Waals surface area (Å²) in [6, 6.07) is 20.7. The normalized spacial score (nSPS) is 12.2. The van der Waals surface area contributed by atoms with E-state index in [1.54, 1.807) is 36.4 Å². The summed E-state index contributed by atoms with van der Waals surface area (Å²) >= 11 is 0. The molecular weight excluding hydrogens is 396 g/mol. The Morgan fingerprint density at radius 2 is 1.67 bits per heavy atom. The van der Waals surface area contributed by atoms with Gasteiger partial charge in [0.05, 0.1) is 10.9 Å². The third-order valence-electron chi connectivity index (χ3n) is 4.95. The van der Waals surface area contributed by atoms with E-state index in [1.807, 2.05) is 39.0 Å². The Labute approximate surface area is 178 Å². The molecule has 3 rings (SSSR count). The summed E-state index contributed by atoms with van der Waals surface area (Å²) in [5, 5.41) is 3.03. The van der Waals surface area contributed by atoms with Crippen LogP contribution >= 0.6 is 0 Å². The van der Waals surface area contributed by atoms with Crippen LogP contribution in [0.15, 0.2) is 77.7 Å². The van der Waals surface area contributed by atoms with E-state index in [4.69, 9.17) is 0 Å². The number of carbonyl (C=O) groups is 1. The van der Waals surface area contributed by atoms with Crippen molar-refractivity contribution in [3.63, 3.8) is 0 Å². The SMILES string of the molecule is CCC(NC(=O)c1cccc(S(=O)(=O)Nc2ccccc2)c1)c1ccc(C)cc1C. The second-order valence-corrected chi connectivity index (χ2v) is 8.98. The lowest BCUT2D eigenvalue weighted by Gasteiger charge is -2.20. The molecule has 1 unspecified atom stereocenters. The number of carbonyl (C=O) groups excluding carboxylic acids is 1. The monoisotopic (exact) mass is 422 g/mol. The summed E-state index contributed by atoms with van der Waals surface area (Å²) in [5.41, 5.74) is 4.11. The fourth-order valence-corrected chi connectivity index (χ4v) is 4.49. The van der Waals surface area contributed by atoms with Gasteiger partial charge in [0, 0.05) is 11.3 Å². The van der Waals surface area contributed by atoms with Crippen LogP contribution in [-0.4, -0.2) is 14.3 Å². The Balaban J connectivity index is 1.81. The molecule has 156 valence electrons. The zero-order chi connectivity index (χ0) is 21.7. The molecule has 0 aliphatic carbocycles. The zero-order valence-corrected chi connectivity index (χ0v) is 18.2. The molecule has 6 heteroatoms. The van der Waals surface area contributed by atoms with Gasteiger partial charge in [0.15, 0.2) is 0 Å². The molecule has 0 bridgehead atoms. The molecule has 0 heterocycles. The fourth-order valence-electron chi connectivity index (χ4n) is 3.38. The highest BCUT2D eigenvalue weighted by Gasteiger charge is 2.19. The maximum absolute atomic E-state index is 12.9. The number of para-hydroxylation sites is 1. The van der Waals surface area contributed by atoms with Gasteiger partial charge < -0.3 is 5.32 Å². The molecule has 5 nitrogen and oxygen atoms in total. The topological polar surface area (TPSA) is 75.3 Å². The average Bonchev–Trinajstić information content (AvgIpc) is 2.73. The predicted octanol–water partition coefficient (Wildman–Crippen LogP) is 4.99. The highest BCUT2D eigenvalue weighted by Crippen LogP contribution is 2.23. The fraction of sp³-hybridized carbons (Fsp3) is 0.208. The highest BCUT2D eigenvalue weighted by atomic mass is 32.2. The number of hydrogen-bond donors (Lipinski definition) is 2. The van der Waals surface area contributed by atoms with E-state index in [-0.39, 0.29) is 16.8 Å². The van der Waals surface area contributed by atoms with Gasteiger partial charge in [-0.3, -0.25) is 9.52 Å². The molecule has 1 amide bonds. The number of aryl methyl sites for hydroxylation is 2. The molecule has 0 spiro atoms. The first kappa shape index (κ1) is 21.6. The molecule has 2 N–H and O–H groups in total. The lowest BCUT2D eigenvalue weighted by atomic mass is 9.97. The minimum Gasteiger partial charge on any atom is -0.345 e. The van der Waals surface area contributed by atoms with Crippen molar-refractivity contribution >= 4 is 21.6 Å². The van der Waals surface area contributed by atoms with Gasteiger partial charge >= 0.3 is 0 Å². The van der Waals surface area contributed by atoms with Crippen LogP contribution in [-0.2, 0) is 10.0 Å². The van der Waals surface area contributed by atoms with Gasteiger partial charge in [0.2, 0.25) is 0 Å². The van der Waals surface area contributed by atoms with Gasteiger partial charge in [-0.25, -0.2) is 8.42 Å². The van der Waals surface area contributed by atoms with Crippen molar-refractivity contribution < 1.29 is 13.2 Å². The Bertz CT molecular complexity index is 1140. The van der Waals surface area contributed by atoms with Crippen LogP contribution in [0.1, 0.15) is 46.4 Å². The van der Waals surface area contributed by atoms with Crippen molar-refractivity contribution in [3.8, 4) is 0 Å². The molecule has 0 saturated heterocycles. The lowest BCUT2D eigenvalue weighted by Crippen LogP contribution is -2.29. The third-order valence-corrected chi connectivity index (χ3v) is 6.33. The lowest BCUT2D eigenvalue weighted by molar-refractivity contribution is 0.0935. The Morgan fingerprint density at radius 3 is 2.33 bits per heavy atom. The Kier molecular flexibility index (Phi) is 6.57. The van der Waals surface area contributed by atoms with Crippen LogP contribution in [0.3, 0.4) is 0 Å². The molecule has 0 radical (unpaired) electrons. The molecule has 0 aliphatic rings. The summed E-state index contributed by atoms with van der Waals surface area (Å²) in [4.78, 5) is 12.9. The van der Waals surface area contributed by atoms with E-state index in [1.165, 1.54) is 17.7 Å². The quantitative estimate of drug-likeness (QED) is 0.563. The number of benzene rings is 3. The second-order valence-electron chi connectivity index (χ2n) is 7.29. The number of amides is 1. The summed E-state index contributed by atoms with van der Waals surface area (Å²) < 4.78 is 28.0. The second kappa shape index (κ2) is 9.13. The molecule has 0 saturated carbocycles. The van der Waals surface area contributed by atoms with Crippen LogP contribution in [0.2, 0.25) is 0 Å². The molecule has 3 aromatic carbocycles. The first-order chi connectivity index (χ1) is 14.3. The van der Waals surface area contributed by atoms with E-state index in [0.717, 1.165) is 17.5 Å². The number of hydrogen-bond acceptors (Lipinski definition) is 3. The Hall–Kier alpha value is -3.12. The number of rotatable bonds is 7. The van der Waals surface area contributed by atoms with Crippen LogP contribution in [0.5, 0.6) is 0 Å². The molecule has 30 heavy (non-hydrogen) atoms. The van der Waals surface area contributed by atoms with Crippen molar-refractivity contribution in [2.24, 2.45) is 0 Å². The van der Waals surface area contributed by atoms with Gasteiger partial charge in [-0.2, -0.15) is 0 Å². The molecule has 1 atom stereocenters. The maximum atomic E-state index is 12.9. The summed E-state index contributed by atoms with van der Waals surface area (Å²) in [6.45, 7) is 6.07. The average molecular weight is 423 g/mol. The van der Waals surface area contributed by atoms with Crippen LogP contribution in [0.25, 0.3) is 0 Å². The van der Waals surface area contributed by atoms with Crippen LogP contribution in [0, 0.1) is 13.8 Å². The predicted molar refractivity (Wildman–Crippen MR) is 120 cm³/mol. The first-order valence-corrected chi connectivity index (χ1v) is 11.3. The largest absolute Gasteiger partial charge is 0.345 e. The van der Waals surface area contributed by atoms with Crippen LogP contribution < -0.4 is 10.0 Å². The van der Waals surface area contributed by atoms with Crippen molar-refractivity contribution in [1.82, 2.24) is 5.32 Å². The molecule has 0 aliphatic heterocycles. The first-order valence-electron chi connectivity index (χ1n) is 9.86. The van der Waals surface area contributed by atoms with E-state index >= 15 is 0 Å². The summed E-state index contributed by atoms with van der Waals surface area (Å²) in [6.07, 6.45) is 0.725. The molecule has 0 fully saturated rings. The third kappa shape index (κ3) is 5.07. The zero-order valence-electron chi connectivity index (χ0n) is 17.3. The molecular formula is C24H26N2O3S. The van der Waals surface area contributed by atoms with Gasteiger partial charge in [-0.05, 0) is 61.7 Å². The maximum Gasteiger partial charge on any atom is 0.261 e.